The second-order valence-corrected chi connectivity index (χ2v) is 6.01. The maximum absolute atomic E-state index is 11.7. The first-order chi connectivity index (χ1) is 9.07. The Morgan fingerprint density at radius 3 is 2.58 bits per heavy atom. The summed E-state index contributed by atoms with van der Waals surface area (Å²) in [6.45, 7) is 2.39. The molecule has 0 aromatic rings. The van der Waals surface area contributed by atoms with E-state index in [1.807, 2.05) is 0 Å². The van der Waals surface area contributed by atoms with Gasteiger partial charge in [0.25, 0.3) is 0 Å². The van der Waals surface area contributed by atoms with Gasteiger partial charge < -0.3 is 15.7 Å². The third kappa shape index (κ3) is 3.39. The molecule has 2 fully saturated rings. The van der Waals surface area contributed by atoms with Crippen molar-refractivity contribution in [1.82, 2.24) is 10.6 Å². The third-order valence-corrected chi connectivity index (χ3v) is 4.50. The van der Waals surface area contributed by atoms with Crippen molar-refractivity contribution in [2.24, 2.45) is 11.3 Å². The zero-order valence-corrected chi connectivity index (χ0v) is 11.6. The largest absolute Gasteiger partial charge is 0.481 e. The van der Waals surface area contributed by atoms with Gasteiger partial charge in [-0.05, 0) is 31.6 Å². The zero-order valence-electron chi connectivity index (χ0n) is 11.6. The SMILES string of the molecule is CCCC1CC1NC(=O)NCC1(C(=O)O)CCCC1. The van der Waals surface area contributed by atoms with Gasteiger partial charge in [-0.15, -0.1) is 0 Å². The highest BCUT2D eigenvalue weighted by atomic mass is 16.4. The summed E-state index contributed by atoms with van der Waals surface area (Å²) in [5.74, 6) is -0.156. The molecule has 0 heterocycles. The van der Waals surface area contributed by atoms with Crippen molar-refractivity contribution in [3.05, 3.63) is 0 Å². The normalized spacial score (nSPS) is 27.8. The number of nitrogens with one attached hydrogen (secondary N) is 2. The van der Waals surface area contributed by atoms with E-state index in [1.54, 1.807) is 0 Å². The van der Waals surface area contributed by atoms with Crippen LogP contribution in [0.2, 0.25) is 0 Å². The molecule has 2 aliphatic rings. The van der Waals surface area contributed by atoms with E-state index in [-0.39, 0.29) is 12.6 Å². The first-order valence-electron chi connectivity index (χ1n) is 7.35. The van der Waals surface area contributed by atoms with Crippen LogP contribution in [-0.4, -0.2) is 29.7 Å². The number of carbonyl (C=O) groups excluding carboxylic acids is 1. The number of carboxylic acids is 1. The van der Waals surface area contributed by atoms with Gasteiger partial charge in [-0.2, -0.15) is 0 Å². The van der Waals surface area contributed by atoms with Crippen molar-refractivity contribution in [3.8, 4) is 0 Å². The van der Waals surface area contributed by atoms with Gasteiger partial charge in [-0.1, -0.05) is 26.2 Å². The van der Waals surface area contributed by atoms with Crippen molar-refractivity contribution in [1.29, 1.82) is 0 Å². The van der Waals surface area contributed by atoms with Crippen LogP contribution in [0.25, 0.3) is 0 Å². The first-order valence-corrected chi connectivity index (χ1v) is 7.35. The minimum atomic E-state index is -0.777. The summed E-state index contributed by atoms with van der Waals surface area (Å²) < 4.78 is 0. The molecule has 0 aromatic heterocycles. The molecule has 2 saturated carbocycles. The molecule has 2 aliphatic carbocycles. The number of carboxylic acid groups (broad SMARTS) is 1. The fraction of sp³-hybridized carbons (Fsp3) is 0.857. The Morgan fingerprint density at radius 1 is 1.32 bits per heavy atom. The Labute approximate surface area is 114 Å². The molecule has 2 amide bonds. The van der Waals surface area contributed by atoms with E-state index in [4.69, 9.17) is 0 Å². The highest BCUT2D eigenvalue weighted by Crippen LogP contribution is 2.38. The van der Waals surface area contributed by atoms with Gasteiger partial charge in [0.1, 0.15) is 0 Å². The molecule has 3 N–H and O–H groups in total. The smallest absolute Gasteiger partial charge is 0.315 e. The van der Waals surface area contributed by atoms with E-state index < -0.39 is 11.4 Å². The molecular formula is C14H24N2O3. The Morgan fingerprint density at radius 2 is 2.00 bits per heavy atom. The van der Waals surface area contributed by atoms with Crippen molar-refractivity contribution in [2.45, 2.75) is 57.9 Å². The Balaban J connectivity index is 1.73. The summed E-state index contributed by atoms with van der Waals surface area (Å²) in [6, 6.07) is 0.0837. The van der Waals surface area contributed by atoms with Gasteiger partial charge in [-0.3, -0.25) is 4.79 Å². The Kier molecular flexibility index (Phi) is 4.32. The molecule has 0 saturated heterocycles. The Bertz CT molecular complexity index is 351. The van der Waals surface area contributed by atoms with E-state index in [0.717, 1.165) is 32.1 Å². The third-order valence-electron chi connectivity index (χ3n) is 4.50. The second-order valence-electron chi connectivity index (χ2n) is 6.01. The highest BCUT2D eigenvalue weighted by molar-refractivity contribution is 5.78. The van der Waals surface area contributed by atoms with Crippen LogP contribution in [-0.2, 0) is 4.79 Å². The number of hydrogen-bond acceptors (Lipinski definition) is 2. The fourth-order valence-electron chi connectivity index (χ4n) is 3.10. The first kappa shape index (κ1) is 14.2. The predicted octanol–water partition coefficient (Wildman–Crippen LogP) is 2.12. The maximum atomic E-state index is 11.7. The van der Waals surface area contributed by atoms with Gasteiger partial charge in [-0.25, -0.2) is 4.79 Å². The molecule has 0 aromatic carbocycles. The fourth-order valence-corrected chi connectivity index (χ4v) is 3.10. The minimum absolute atomic E-state index is 0.212. The summed E-state index contributed by atoms with van der Waals surface area (Å²) in [6.07, 6.45) is 6.59. The van der Waals surface area contributed by atoms with Crippen LogP contribution in [0.1, 0.15) is 51.9 Å². The lowest BCUT2D eigenvalue weighted by Gasteiger charge is -2.24. The van der Waals surface area contributed by atoms with Crippen LogP contribution in [0.15, 0.2) is 0 Å². The predicted molar refractivity (Wildman–Crippen MR) is 71.9 cm³/mol. The quantitative estimate of drug-likeness (QED) is 0.690. The van der Waals surface area contributed by atoms with Crippen LogP contribution >= 0.6 is 0 Å². The second kappa shape index (κ2) is 5.80. The van der Waals surface area contributed by atoms with Crippen molar-refractivity contribution < 1.29 is 14.7 Å². The molecule has 2 atom stereocenters. The van der Waals surface area contributed by atoms with Gasteiger partial charge >= 0.3 is 12.0 Å². The molecule has 2 rings (SSSR count). The van der Waals surface area contributed by atoms with E-state index in [1.165, 1.54) is 0 Å². The van der Waals surface area contributed by atoms with Crippen LogP contribution in [0.3, 0.4) is 0 Å². The van der Waals surface area contributed by atoms with Crippen molar-refractivity contribution in [3.63, 3.8) is 0 Å². The summed E-state index contributed by atoms with van der Waals surface area (Å²) in [5, 5.41) is 15.0. The highest BCUT2D eigenvalue weighted by Gasteiger charge is 2.42. The number of carbonyl (C=O) groups is 2. The number of aliphatic carboxylic acids is 1. The lowest BCUT2D eigenvalue weighted by molar-refractivity contribution is -0.148. The Hall–Kier alpha value is -1.26. The molecule has 0 radical (unpaired) electrons. The summed E-state index contributed by atoms with van der Waals surface area (Å²) in [4.78, 5) is 23.1. The number of amides is 2. The number of hydrogen-bond donors (Lipinski definition) is 3. The van der Waals surface area contributed by atoms with Gasteiger partial charge in [0.15, 0.2) is 0 Å². The van der Waals surface area contributed by atoms with Gasteiger partial charge in [0.05, 0.1) is 5.41 Å². The number of rotatable bonds is 6. The molecule has 0 bridgehead atoms. The minimum Gasteiger partial charge on any atom is -0.481 e. The summed E-state index contributed by atoms with van der Waals surface area (Å²) >= 11 is 0. The average Bonchev–Trinajstić information content (AvgIpc) is 2.92. The van der Waals surface area contributed by atoms with Crippen LogP contribution in [0.5, 0.6) is 0 Å². The molecule has 0 spiro atoms. The van der Waals surface area contributed by atoms with Crippen LogP contribution in [0.4, 0.5) is 4.79 Å². The number of urea groups is 1. The molecule has 0 aliphatic heterocycles. The monoisotopic (exact) mass is 268 g/mol. The summed E-state index contributed by atoms with van der Waals surface area (Å²) in [5.41, 5.74) is -0.732. The van der Waals surface area contributed by atoms with Crippen molar-refractivity contribution in [2.75, 3.05) is 6.54 Å². The van der Waals surface area contributed by atoms with Gasteiger partial charge in [0.2, 0.25) is 0 Å². The molecule has 5 nitrogen and oxygen atoms in total. The maximum Gasteiger partial charge on any atom is 0.315 e. The van der Waals surface area contributed by atoms with Gasteiger partial charge in [0, 0.05) is 12.6 Å². The molecular weight excluding hydrogens is 244 g/mol. The molecule has 19 heavy (non-hydrogen) atoms. The average molecular weight is 268 g/mol. The summed E-state index contributed by atoms with van der Waals surface area (Å²) in [7, 11) is 0. The van der Waals surface area contributed by atoms with Crippen molar-refractivity contribution >= 4 is 12.0 Å². The van der Waals surface area contributed by atoms with E-state index >= 15 is 0 Å². The lowest BCUT2D eigenvalue weighted by Crippen LogP contribution is -2.45. The van der Waals surface area contributed by atoms with E-state index in [2.05, 4.69) is 17.6 Å². The standard InChI is InChI=1S/C14H24N2O3/c1-2-5-10-8-11(10)16-13(19)15-9-14(12(17)18)6-3-4-7-14/h10-11H,2-9H2,1H3,(H,17,18)(H2,15,16,19). The van der Waals surface area contributed by atoms with Crippen LogP contribution in [0, 0.1) is 11.3 Å². The molecule has 5 heteroatoms. The van der Waals surface area contributed by atoms with E-state index in [0.29, 0.717) is 24.8 Å². The molecule has 2 unspecified atom stereocenters. The topological polar surface area (TPSA) is 78.4 Å². The molecule has 108 valence electrons. The van der Waals surface area contributed by atoms with Crippen LogP contribution < -0.4 is 10.6 Å². The zero-order chi connectivity index (χ0) is 13.9. The van der Waals surface area contributed by atoms with E-state index in [9.17, 15) is 14.7 Å². The lowest BCUT2D eigenvalue weighted by atomic mass is 9.86.